The van der Waals surface area contributed by atoms with Crippen LogP contribution >= 0.6 is 0 Å². The van der Waals surface area contributed by atoms with Crippen molar-refractivity contribution < 1.29 is 4.79 Å². The molecule has 0 aliphatic carbocycles. The fraction of sp³-hybridized carbons (Fsp3) is 0.516. The molecule has 3 aromatic rings. The first kappa shape index (κ1) is 27.6. The number of para-hydroxylation sites is 1. The Morgan fingerprint density at radius 2 is 1.58 bits per heavy atom. The Bertz CT molecular complexity index is 1170. The normalized spacial score (nSPS) is 12.1. The predicted octanol–water partition coefficient (Wildman–Crippen LogP) is 7.39. The molecule has 0 aliphatic heterocycles. The van der Waals surface area contributed by atoms with Gasteiger partial charge in [0.05, 0.1) is 22.6 Å². The largest absolute Gasteiger partial charge is 0.333 e. The van der Waals surface area contributed by atoms with Crippen molar-refractivity contribution in [1.82, 2.24) is 14.5 Å². The molecule has 0 bridgehead atoms. The van der Waals surface area contributed by atoms with Crippen LogP contribution in [-0.4, -0.2) is 26.9 Å². The van der Waals surface area contributed by atoms with Gasteiger partial charge in [0.25, 0.3) is 5.56 Å². The lowest BCUT2D eigenvalue weighted by atomic mass is 10.1. The Labute approximate surface area is 216 Å². The standard InChI is InChI=1S/C31H43N3O2/c1-5-9-11-12-18-29(35)33(23-15-10-6-2)28(8-4)30-32-27-17-14-13-16-26(27)31(36)34(30)25-21-19-24(7-3)20-22-25/h13-14,16-17,19-22,28H,5-12,15,18,23H2,1-4H3. The highest BCUT2D eigenvalue weighted by Gasteiger charge is 2.28. The molecular weight excluding hydrogens is 446 g/mol. The maximum Gasteiger partial charge on any atom is 0.266 e. The number of carbonyl (C=O) groups is 1. The van der Waals surface area contributed by atoms with Gasteiger partial charge in [0, 0.05) is 13.0 Å². The molecule has 0 saturated heterocycles. The van der Waals surface area contributed by atoms with Crippen molar-refractivity contribution in [2.45, 2.75) is 97.9 Å². The molecule has 1 heterocycles. The van der Waals surface area contributed by atoms with Gasteiger partial charge >= 0.3 is 0 Å². The first-order chi connectivity index (χ1) is 17.5. The molecule has 1 amide bonds. The molecule has 0 radical (unpaired) electrons. The quantitative estimate of drug-likeness (QED) is 0.222. The number of benzene rings is 2. The summed E-state index contributed by atoms with van der Waals surface area (Å²) in [5, 5.41) is 0.596. The van der Waals surface area contributed by atoms with E-state index in [4.69, 9.17) is 4.98 Å². The molecule has 5 heteroatoms. The first-order valence-corrected chi connectivity index (χ1v) is 14.0. The number of hydrogen-bond donors (Lipinski definition) is 0. The third-order valence-electron chi connectivity index (χ3n) is 7.03. The van der Waals surface area contributed by atoms with Crippen LogP contribution in [0.4, 0.5) is 0 Å². The van der Waals surface area contributed by atoms with Gasteiger partial charge in [0.15, 0.2) is 0 Å². The summed E-state index contributed by atoms with van der Waals surface area (Å²) in [6.45, 7) is 9.27. The molecule has 3 rings (SSSR count). The number of aromatic nitrogens is 2. The zero-order valence-corrected chi connectivity index (χ0v) is 22.6. The number of carbonyl (C=O) groups excluding carboxylic acids is 1. The number of nitrogens with zero attached hydrogens (tertiary/aromatic N) is 3. The maximum absolute atomic E-state index is 13.8. The maximum atomic E-state index is 13.8. The highest BCUT2D eigenvalue weighted by atomic mass is 16.2. The van der Waals surface area contributed by atoms with Crippen LogP contribution < -0.4 is 5.56 Å². The fourth-order valence-corrected chi connectivity index (χ4v) is 4.88. The molecule has 36 heavy (non-hydrogen) atoms. The van der Waals surface area contributed by atoms with E-state index >= 15 is 0 Å². The summed E-state index contributed by atoms with van der Waals surface area (Å²) < 4.78 is 1.74. The predicted molar refractivity (Wildman–Crippen MR) is 150 cm³/mol. The number of unbranched alkanes of at least 4 members (excludes halogenated alkanes) is 5. The van der Waals surface area contributed by atoms with Gasteiger partial charge in [-0.1, -0.05) is 84.1 Å². The average Bonchev–Trinajstić information content (AvgIpc) is 2.91. The fourth-order valence-electron chi connectivity index (χ4n) is 4.88. The number of fused-ring (bicyclic) bond motifs is 1. The summed E-state index contributed by atoms with van der Waals surface area (Å²) in [6, 6.07) is 15.4. The van der Waals surface area contributed by atoms with Gasteiger partial charge in [-0.05, 0) is 55.5 Å². The monoisotopic (exact) mass is 489 g/mol. The van der Waals surface area contributed by atoms with Gasteiger partial charge in [-0.2, -0.15) is 0 Å². The first-order valence-electron chi connectivity index (χ1n) is 14.0. The van der Waals surface area contributed by atoms with E-state index in [2.05, 4.69) is 39.8 Å². The van der Waals surface area contributed by atoms with E-state index in [-0.39, 0.29) is 17.5 Å². The SMILES string of the molecule is CCCCCCC(=O)N(CCCCC)C(CC)c1nc2ccccc2c(=O)n1-c1ccc(CC)cc1. The van der Waals surface area contributed by atoms with E-state index in [0.29, 0.717) is 36.1 Å². The van der Waals surface area contributed by atoms with Gasteiger partial charge < -0.3 is 4.90 Å². The summed E-state index contributed by atoms with van der Waals surface area (Å²) in [5.41, 5.74) is 2.62. The van der Waals surface area contributed by atoms with Crippen LogP contribution in [-0.2, 0) is 11.2 Å². The van der Waals surface area contributed by atoms with Gasteiger partial charge in [0.1, 0.15) is 5.82 Å². The Morgan fingerprint density at radius 1 is 0.889 bits per heavy atom. The van der Waals surface area contributed by atoms with E-state index in [1.807, 2.05) is 41.3 Å². The second kappa shape index (κ2) is 14.0. The van der Waals surface area contributed by atoms with Gasteiger partial charge in [0.2, 0.25) is 5.91 Å². The van der Waals surface area contributed by atoms with Gasteiger partial charge in [-0.15, -0.1) is 0 Å². The van der Waals surface area contributed by atoms with Crippen LogP contribution in [0.3, 0.4) is 0 Å². The van der Waals surface area contributed by atoms with Crippen molar-refractivity contribution >= 4 is 16.8 Å². The van der Waals surface area contributed by atoms with Crippen LogP contribution in [0.2, 0.25) is 0 Å². The zero-order valence-electron chi connectivity index (χ0n) is 22.6. The Morgan fingerprint density at radius 3 is 2.25 bits per heavy atom. The van der Waals surface area contributed by atoms with E-state index in [1.54, 1.807) is 4.57 Å². The molecule has 194 valence electrons. The lowest BCUT2D eigenvalue weighted by molar-refractivity contribution is -0.134. The third-order valence-corrected chi connectivity index (χ3v) is 7.03. The molecule has 0 spiro atoms. The number of aryl methyl sites for hydroxylation is 1. The molecule has 2 aromatic carbocycles. The minimum atomic E-state index is -0.260. The number of amides is 1. The molecule has 1 unspecified atom stereocenters. The molecular formula is C31H43N3O2. The lowest BCUT2D eigenvalue weighted by Gasteiger charge is -2.32. The van der Waals surface area contributed by atoms with Crippen molar-refractivity contribution in [3.05, 3.63) is 70.3 Å². The van der Waals surface area contributed by atoms with E-state index < -0.39 is 0 Å². The van der Waals surface area contributed by atoms with Crippen LogP contribution in [0.15, 0.2) is 53.3 Å². The van der Waals surface area contributed by atoms with Crippen molar-refractivity contribution in [3.8, 4) is 5.69 Å². The third kappa shape index (κ3) is 6.63. The Balaban J connectivity index is 2.12. The number of rotatable bonds is 14. The van der Waals surface area contributed by atoms with E-state index in [9.17, 15) is 9.59 Å². The van der Waals surface area contributed by atoms with Crippen molar-refractivity contribution in [3.63, 3.8) is 0 Å². The van der Waals surface area contributed by atoms with Crippen LogP contribution in [0, 0.1) is 0 Å². The molecule has 0 N–H and O–H groups in total. The topological polar surface area (TPSA) is 55.2 Å². The summed E-state index contributed by atoms with van der Waals surface area (Å²) in [4.78, 5) is 34.5. The average molecular weight is 490 g/mol. The van der Waals surface area contributed by atoms with E-state index in [0.717, 1.165) is 57.1 Å². The van der Waals surface area contributed by atoms with Crippen LogP contribution in [0.5, 0.6) is 0 Å². The van der Waals surface area contributed by atoms with Gasteiger partial charge in [-0.3, -0.25) is 14.2 Å². The molecule has 0 saturated carbocycles. The van der Waals surface area contributed by atoms with E-state index in [1.165, 1.54) is 5.56 Å². The Kier molecular flexibility index (Phi) is 10.7. The van der Waals surface area contributed by atoms with Crippen LogP contribution in [0.1, 0.15) is 103 Å². The summed E-state index contributed by atoms with van der Waals surface area (Å²) in [6.07, 6.45) is 9.59. The second-order valence-electron chi connectivity index (χ2n) is 9.68. The second-order valence-corrected chi connectivity index (χ2v) is 9.68. The molecule has 1 atom stereocenters. The summed E-state index contributed by atoms with van der Waals surface area (Å²) in [5.74, 6) is 0.827. The minimum absolute atomic E-state index is 0.0813. The highest BCUT2D eigenvalue weighted by molar-refractivity contribution is 5.79. The number of hydrogen-bond acceptors (Lipinski definition) is 3. The smallest absolute Gasteiger partial charge is 0.266 e. The van der Waals surface area contributed by atoms with Crippen molar-refractivity contribution in [2.75, 3.05) is 6.54 Å². The zero-order chi connectivity index (χ0) is 25.9. The summed E-state index contributed by atoms with van der Waals surface area (Å²) >= 11 is 0. The highest BCUT2D eigenvalue weighted by Crippen LogP contribution is 2.28. The van der Waals surface area contributed by atoms with Gasteiger partial charge in [-0.25, -0.2) is 4.98 Å². The molecule has 1 aromatic heterocycles. The molecule has 5 nitrogen and oxygen atoms in total. The Hall–Kier alpha value is -2.95. The van der Waals surface area contributed by atoms with Crippen molar-refractivity contribution in [1.29, 1.82) is 0 Å². The van der Waals surface area contributed by atoms with Crippen LogP contribution in [0.25, 0.3) is 16.6 Å². The molecule has 0 fully saturated rings. The van der Waals surface area contributed by atoms with Crippen molar-refractivity contribution in [2.24, 2.45) is 0 Å². The minimum Gasteiger partial charge on any atom is -0.333 e. The summed E-state index contributed by atoms with van der Waals surface area (Å²) in [7, 11) is 0. The lowest BCUT2D eigenvalue weighted by Crippen LogP contribution is -2.39. The molecule has 0 aliphatic rings.